The third-order valence-corrected chi connectivity index (χ3v) is 3.46. The molecule has 2 N–H and O–H groups in total. The maximum Gasteiger partial charge on any atom is 0.449 e. The molecule has 1 unspecified atom stereocenters. The quantitative estimate of drug-likeness (QED) is 0.899. The molecule has 2 aromatic rings. The third kappa shape index (κ3) is 3.54. The van der Waals surface area contributed by atoms with Gasteiger partial charge in [0.2, 0.25) is 11.7 Å². The smallest absolute Gasteiger partial charge is 0.352 e. The van der Waals surface area contributed by atoms with Crippen molar-refractivity contribution in [1.82, 2.24) is 19.9 Å². The van der Waals surface area contributed by atoms with Crippen molar-refractivity contribution in [2.75, 3.05) is 0 Å². The minimum Gasteiger partial charge on any atom is -0.352 e. The zero-order valence-electron chi connectivity index (χ0n) is 12.9. The van der Waals surface area contributed by atoms with Crippen molar-refractivity contribution in [2.24, 2.45) is 0 Å². The lowest BCUT2D eigenvalue weighted by Gasteiger charge is -2.16. The van der Waals surface area contributed by atoms with E-state index in [9.17, 15) is 22.8 Å². The lowest BCUT2D eigenvalue weighted by Crippen LogP contribution is -2.39. The van der Waals surface area contributed by atoms with Gasteiger partial charge >= 0.3 is 6.18 Å². The Labute approximate surface area is 129 Å². The van der Waals surface area contributed by atoms with E-state index in [-0.39, 0.29) is 17.1 Å². The number of rotatable bonds is 4. The summed E-state index contributed by atoms with van der Waals surface area (Å²) in [5, 5.41) is 2.56. The maximum absolute atomic E-state index is 13.2. The number of halogens is 3. The molecule has 0 aliphatic heterocycles. The number of H-pyrrole nitrogens is 1. The molecule has 0 spiro atoms. The van der Waals surface area contributed by atoms with Crippen LogP contribution in [0.25, 0.3) is 11.0 Å². The second-order valence-corrected chi connectivity index (χ2v) is 5.42. The normalized spacial score (nSPS) is 13.3. The number of aromatic amines is 1. The van der Waals surface area contributed by atoms with E-state index in [4.69, 9.17) is 0 Å². The zero-order valence-corrected chi connectivity index (χ0v) is 12.9. The van der Waals surface area contributed by atoms with E-state index in [1.54, 1.807) is 13.8 Å². The Morgan fingerprint density at radius 2 is 2.13 bits per heavy atom. The monoisotopic (exact) mass is 330 g/mol. The molecule has 126 valence electrons. The topological polar surface area (TPSA) is 79.8 Å². The van der Waals surface area contributed by atoms with Crippen LogP contribution in [0, 0.1) is 6.92 Å². The summed E-state index contributed by atoms with van der Waals surface area (Å²) in [6.45, 7) is 4.43. The Balaban J connectivity index is 2.54. The van der Waals surface area contributed by atoms with Gasteiger partial charge in [0, 0.05) is 11.7 Å². The van der Waals surface area contributed by atoms with E-state index >= 15 is 0 Å². The van der Waals surface area contributed by atoms with Crippen LogP contribution >= 0.6 is 0 Å². The summed E-state index contributed by atoms with van der Waals surface area (Å²) in [5.74, 6) is -2.06. The second kappa shape index (κ2) is 6.05. The number of hydrogen-bond donors (Lipinski definition) is 2. The minimum absolute atomic E-state index is 0.0202. The van der Waals surface area contributed by atoms with E-state index in [0.717, 1.165) is 0 Å². The molecular weight excluding hydrogens is 313 g/mol. The Morgan fingerprint density at radius 3 is 2.70 bits per heavy atom. The van der Waals surface area contributed by atoms with Crippen LogP contribution in [0.4, 0.5) is 13.2 Å². The molecule has 0 bridgehead atoms. The molecular formula is C14H17F3N4O2. The summed E-state index contributed by atoms with van der Waals surface area (Å²) in [5.41, 5.74) is -0.524. The van der Waals surface area contributed by atoms with Gasteiger partial charge in [0.1, 0.15) is 12.2 Å². The van der Waals surface area contributed by atoms with Crippen molar-refractivity contribution in [2.45, 2.75) is 46.0 Å². The number of nitrogens with one attached hydrogen (secondary N) is 2. The van der Waals surface area contributed by atoms with Crippen LogP contribution in [0.1, 0.15) is 31.8 Å². The van der Waals surface area contributed by atoms with Gasteiger partial charge < -0.3 is 10.3 Å². The van der Waals surface area contributed by atoms with Crippen molar-refractivity contribution in [1.29, 1.82) is 0 Å². The first-order valence-corrected chi connectivity index (χ1v) is 7.10. The van der Waals surface area contributed by atoms with Crippen molar-refractivity contribution in [3.8, 4) is 0 Å². The van der Waals surface area contributed by atoms with Gasteiger partial charge in [0.15, 0.2) is 0 Å². The number of aryl methyl sites for hydroxylation is 1. The molecule has 1 atom stereocenters. The Hall–Kier alpha value is -2.32. The molecule has 0 fully saturated rings. The molecule has 2 rings (SSSR count). The third-order valence-electron chi connectivity index (χ3n) is 3.46. The van der Waals surface area contributed by atoms with E-state index in [0.29, 0.717) is 16.7 Å². The highest BCUT2D eigenvalue weighted by molar-refractivity contribution is 5.78. The van der Waals surface area contributed by atoms with Crippen LogP contribution < -0.4 is 10.9 Å². The van der Waals surface area contributed by atoms with Crippen molar-refractivity contribution in [3.63, 3.8) is 0 Å². The van der Waals surface area contributed by atoms with Gasteiger partial charge in [-0.25, -0.2) is 4.98 Å². The lowest BCUT2D eigenvalue weighted by molar-refractivity contribution is -0.148. The number of amides is 1. The number of carbonyl (C=O) groups excluding carboxylic acids is 1. The van der Waals surface area contributed by atoms with Crippen LogP contribution in [0.5, 0.6) is 0 Å². The molecule has 0 aliphatic rings. The van der Waals surface area contributed by atoms with Crippen LogP contribution in [-0.2, 0) is 17.5 Å². The Morgan fingerprint density at radius 1 is 1.48 bits per heavy atom. The Bertz CT molecular complexity index is 792. The molecule has 2 aromatic heterocycles. The van der Waals surface area contributed by atoms with Crippen LogP contribution in [0.15, 0.2) is 10.9 Å². The van der Waals surface area contributed by atoms with E-state index < -0.39 is 30.0 Å². The molecule has 0 aromatic carbocycles. The van der Waals surface area contributed by atoms with Gasteiger partial charge in [0.25, 0.3) is 5.56 Å². The van der Waals surface area contributed by atoms with Gasteiger partial charge in [0.05, 0.1) is 5.39 Å². The van der Waals surface area contributed by atoms with Crippen molar-refractivity contribution >= 4 is 16.9 Å². The highest BCUT2D eigenvalue weighted by atomic mass is 19.4. The van der Waals surface area contributed by atoms with E-state index in [1.807, 2.05) is 6.92 Å². The number of aromatic nitrogens is 3. The van der Waals surface area contributed by atoms with Gasteiger partial charge in [-0.15, -0.1) is 0 Å². The fourth-order valence-electron chi connectivity index (χ4n) is 2.16. The standard InChI is InChI=1S/C14H17F3N4O2/c1-4-7(2)18-10(22)6-21-12(23)9-5-8(3)19-11(9)20-13(21)14(15,16)17/h5,7,19H,4,6H2,1-3H3,(H,18,22). The summed E-state index contributed by atoms with van der Waals surface area (Å²) in [7, 11) is 0. The number of alkyl halides is 3. The minimum atomic E-state index is -4.84. The summed E-state index contributed by atoms with van der Waals surface area (Å²) < 4.78 is 39.9. The zero-order chi connectivity index (χ0) is 17.4. The number of nitrogens with zero attached hydrogens (tertiary/aromatic N) is 2. The number of fused-ring (bicyclic) bond motifs is 1. The molecule has 0 radical (unpaired) electrons. The van der Waals surface area contributed by atoms with Crippen molar-refractivity contribution in [3.05, 3.63) is 27.9 Å². The predicted octanol–water partition coefficient (Wildman–Crippen LogP) is 1.97. The predicted molar refractivity (Wildman–Crippen MR) is 78.0 cm³/mol. The molecule has 2 heterocycles. The molecule has 0 saturated carbocycles. The maximum atomic E-state index is 13.2. The summed E-state index contributed by atoms with van der Waals surface area (Å²) in [6.07, 6.45) is -4.22. The largest absolute Gasteiger partial charge is 0.449 e. The number of carbonyl (C=O) groups is 1. The highest BCUT2D eigenvalue weighted by Crippen LogP contribution is 2.28. The lowest BCUT2D eigenvalue weighted by atomic mass is 10.2. The molecule has 0 aliphatic carbocycles. The van der Waals surface area contributed by atoms with Crippen LogP contribution in [0.2, 0.25) is 0 Å². The Kier molecular flexibility index (Phi) is 4.49. The van der Waals surface area contributed by atoms with Gasteiger partial charge in [-0.2, -0.15) is 13.2 Å². The average Bonchev–Trinajstić information content (AvgIpc) is 2.81. The van der Waals surface area contributed by atoms with Gasteiger partial charge in [-0.3, -0.25) is 14.2 Å². The summed E-state index contributed by atoms with van der Waals surface area (Å²) in [4.78, 5) is 30.3. The van der Waals surface area contributed by atoms with E-state index in [2.05, 4.69) is 15.3 Å². The molecule has 1 amide bonds. The van der Waals surface area contributed by atoms with E-state index in [1.165, 1.54) is 6.07 Å². The fraction of sp³-hybridized carbons (Fsp3) is 0.500. The highest BCUT2D eigenvalue weighted by Gasteiger charge is 2.38. The van der Waals surface area contributed by atoms with Crippen LogP contribution in [0.3, 0.4) is 0 Å². The first-order valence-electron chi connectivity index (χ1n) is 7.10. The molecule has 0 saturated heterocycles. The molecule has 23 heavy (non-hydrogen) atoms. The van der Waals surface area contributed by atoms with Crippen LogP contribution in [-0.4, -0.2) is 26.5 Å². The molecule has 9 heteroatoms. The van der Waals surface area contributed by atoms with Gasteiger partial charge in [-0.05, 0) is 26.3 Å². The van der Waals surface area contributed by atoms with Crippen molar-refractivity contribution < 1.29 is 18.0 Å². The molecule has 6 nitrogen and oxygen atoms in total. The average molecular weight is 330 g/mol. The second-order valence-electron chi connectivity index (χ2n) is 5.42. The fourth-order valence-corrected chi connectivity index (χ4v) is 2.16. The summed E-state index contributed by atoms with van der Waals surface area (Å²) >= 11 is 0. The number of hydrogen-bond acceptors (Lipinski definition) is 3. The SMILES string of the molecule is CCC(C)NC(=O)Cn1c(C(F)(F)F)nc2[nH]c(C)cc2c1=O. The first kappa shape index (κ1) is 17.0. The summed E-state index contributed by atoms with van der Waals surface area (Å²) in [6, 6.07) is 1.21. The van der Waals surface area contributed by atoms with Gasteiger partial charge in [-0.1, -0.05) is 6.92 Å². The first-order chi connectivity index (χ1) is 10.6.